The van der Waals surface area contributed by atoms with E-state index < -0.39 is 0 Å². The quantitative estimate of drug-likeness (QED) is 0.755. The lowest BCUT2D eigenvalue weighted by atomic mass is 9.80. The molecule has 3 aromatic rings. The molecule has 6 nitrogen and oxygen atoms in total. The molecule has 0 unspecified atom stereocenters. The second-order valence-electron chi connectivity index (χ2n) is 8.04. The van der Waals surface area contributed by atoms with Crippen LogP contribution in [0.5, 0.6) is 5.75 Å². The molecule has 2 aliphatic rings. The van der Waals surface area contributed by atoms with E-state index in [0.717, 1.165) is 47.8 Å². The minimum absolute atomic E-state index is 0.439. The second kappa shape index (κ2) is 7.09. The van der Waals surface area contributed by atoms with E-state index in [1.165, 1.54) is 25.8 Å². The molecule has 0 amide bonds. The molecule has 1 atom stereocenters. The highest BCUT2D eigenvalue weighted by Gasteiger charge is 2.39. The third kappa shape index (κ3) is 3.11. The van der Waals surface area contributed by atoms with Crippen molar-refractivity contribution in [3.05, 3.63) is 42.9 Å². The summed E-state index contributed by atoms with van der Waals surface area (Å²) in [6, 6.07) is 8.43. The van der Waals surface area contributed by atoms with Crippen molar-refractivity contribution in [3.63, 3.8) is 0 Å². The van der Waals surface area contributed by atoms with Crippen molar-refractivity contribution >= 4 is 11.3 Å². The summed E-state index contributed by atoms with van der Waals surface area (Å²) in [7, 11) is 0. The van der Waals surface area contributed by atoms with Gasteiger partial charge in [-0.25, -0.2) is 9.50 Å². The van der Waals surface area contributed by atoms with Crippen LogP contribution in [0.15, 0.2) is 42.9 Å². The Bertz CT molecular complexity index is 959. The summed E-state index contributed by atoms with van der Waals surface area (Å²) < 4.78 is 7.59. The number of nitrogens with zero attached hydrogens (tertiary/aromatic N) is 4. The first-order chi connectivity index (χ1) is 13.8. The minimum atomic E-state index is 0.439. The zero-order valence-corrected chi connectivity index (χ0v) is 16.4. The summed E-state index contributed by atoms with van der Waals surface area (Å²) in [4.78, 5) is 7.26. The van der Waals surface area contributed by atoms with Crippen LogP contribution in [0.25, 0.3) is 16.6 Å². The van der Waals surface area contributed by atoms with Gasteiger partial charge in [-0.3, -0.25) is 0 Å². The van der Waals surface area contributed by atoms with Crippen LogP contribution in [0.1, 0.15) is 26.2 Å². The minimum Gasteiger partial charge on any atom is -0.492 e. The molecule has 5 rings (SSSR count). The highest BCUT2D eigenvalue weighted by atomic mass is 16.5. The third-order valence-corrected chi connectivity index (χ3v) is 6.18. The lowest BCUT2D eigenvalue weighted by molar-refractivity contribution is 0.239. The Labute approximate surface area is 165 Å². The number of ether oxygens (including phenoxy) is 1. The van der Waals surface area contributed by atoms with Gasteiger partial charge in [0.25, 0.3) is 0 Å². The molecule has 0 aromatic carbocycles. The van der Waals surface area contributed by atoms with Gasteiger partial charge < -0.3 is 15.0 Å². The highest BCUT2D eigenvalue weighted by Crippen LogP contribution is 2.38. The number of aromatic nitrogens is 3. The Balaban J connectivity index is 1.41. The van der Waals surface area contributed by atoms with Crippen LogP contribution < -0.4 is 15.0 Å². The molecule has 146 valence electrons. The summed E-state index contributed by atoms with van der Waals surface area (Å²) in [6.07, 6.45) is 9.60. The number of hydrogen-bond acceptors (Lipinski definition) is 5. The molecular formula is C22H27N5O. The van der Waals surface area contributed by atoms with E-state index in [1.54, 1.807) is 0 Å². The van der Waals surface area contributed by atoms with Crippen LogP contribution in [-0.2, 0) is 0 Å². The molecular weight excluding hydrogens is 350 g/mol. The second-order valence-corrected chi connectivity index (χ2v) is 8.04. The molecule has 2 fully saturated rings. The van der Waals surface area contributed by atoms with E-state index in [9.17, 15) is 0 Å². The summed E-state index contributed by atoms with van der Waals surface area (Å²) >= 11 is 0. The van der Waals surface area contributed by atoms with E-state index in [4.69, 9.17) is 9.72 Å². The third-order valence-electron chi connectivity index (χ3n) is 6.18. The summed E-state index contributed by atoms with van der Waals surface area (Å²) in [5.41, 5.74) is 3.68. The molecule has 0 aliphatic carbocycles. The maximum absolute atomic E-state index is 5.72. The maximum Gasteiger partial charge on any atom is 0.138 e. The van der Waals surface area contributed by atoms with Gasteiger partial charge in [0, 0.05) is 42.4 Å². The van der Waals surface area contributed by atoms with Gasteiger partial charge >= 0.3 is 0 Å². The van der Waals surface area contributed by atoms with Gasteiger partial charge in [0.2, 0.25) is 0 Å². The number of nitrogens with one attached hydrogen (secondary N) is 1. The van der Waals surface area contributed by atoms with Crippen LogP contribution in [0, 0.1) is 5.41 Å². The lowest BCUT2D eigenvalue weighted by Gasteiger charge is -2.33. The van der Waals surface area contributed by atoms with Gasteiger partial charge in [-0.05, 0) is 57.0 Å². The maximum atomic E-state index is 5.72. The SMILES string of the molecule is CCOc1cc(-c2ccc(N3CC[C@@]4(CCCNC4)C3)nc2)c2ccnn2c1. The molecule has 0 saturated carbocycles. The number of pyridine rings is 2. The summed E-state index contributed by atoms with van der Waals surface area (Å²) in [5.74, 6) is 1.90. The molecule has 0 radical (unpaired) electrons. The Kier molecular flexibility index (Phi) is 4.43. The number of rotatable bonds is 4. The van der Waals surface area contributed by atoms with E-state index in [-0.39, 0.29) is 0 Å². The van der Waals surface area contributed by atoms with Crippen LogP contribution >= 0.6 is 0 Å². The largest absolute Gasteiger partial charge is 0.492 e. The number of hydrogen-bond donors (Lipinski definition) is 1. The van der Waals surface area contributed by atoms with Gasteiger partial charge in [0.15, 0.2) is 0 Å². The molecule has 0 bridgehead atoms. The fourth-order valence-corrected chi connectivity index (χ4v) is 4.72. The van der Waals surface area contributed by atoms with Gasteiger partial charge in [0.1, 0.15) is 11.6 Å². The van der Waals surface area contributed by atoms with E-state index in [1.807, 2.05) is 36.1 Å². The van der Waals surface area contributed by atoms with Crippen LogP contribution in [0.4, 0.5) is 5.82 Å². The van der Waals surface area contributed by atoms with E-state index in [2.05, 4.69) is 33.5 Å². The van der Waals surface area contributed by atoms with Crippen LogP contribution in [0.2, 0.25) is 0 Å². The van der Waals surface area contributed by atoms with Crippen molar-refractivity contribution in [2.75, 3.05) is 37.7 Å². The molecule has 6 heteroatoms. The van der Waals surface area contributed by atoms with Gasteiger partial charge in [-0.2, -0.15) is 5.10 Å². The van der Waals surface area contributed by atoms with Gasteiger partial charge in [-0.1, -0.05) is 0 Å². The fourth-order valence-electron chi connectivity index (χ4n) is 4.72. The molecule has 2 aliphatic heterocycles. The van der Waals surface area contributed by atoms with E-state index in [0.29, 0.717) is 12.0 Å². The zero-order chi connectivity index (χ0) is 19.0. The van der Waals surface area contributed by atoms with Crippen molar-refractivity contribution in [1.82, 2.24) is 19.9 Å². The highest BCUT2D eigenvalue weighted by molar-refractivity contribution is 5.81. The molecule has 2 saturated heterocycles. The topological polar surface area (TPSA) is 54.7 Å². The smallest absolute Gasteiger partial charge is 0.138 e. The Morgan fingerprint density at radius 1 is 1.25 bits per heavy atom. The van der Waals surface area contributed by atoms with Crippen molar-refractivity contribution in [2.45, 2.75) is 26.2 Å². The molecule has 3 aromatic heterocycles. The Morgan fingerprint density at radius 3 is 3.00 bits per heavy atom. The molecule has 5 heterocycles. The zero-order valence-electron chi connectivity index (χ0n) is 16.4. The van der Waals surface area contributed by atoms with Crippen molar-refractivity contribution < 1.29 is 4.74 Å². The monoisotopic (exact) mass is 377 g/mol. The normalized spacial score (nSPS) is 22.2. The van der Waals surface area contributed by atoms with Crippen molar-refractivity contribution in [1.29, 1.82) is 0 Å². The predicted octanol–water partition coefficient (Wildman–Crippen LogP) is 3.37. The van der Waals surface area contributed by atoms with Crippen LogP contribution in [-0.4, -0.2) is 47.4 Å². The Morgan fingerprint density at radius 2 is 2.21 bits per heavy atom. The first kappa shape index (κ1) is 17.5. The number of fused-ring (bicyclic) bond motifs is 1. The number of piperidine rings is 1. The first-order valence-electron chi connectivity index (χ1n) is 10.3. The molecule has 1 spiro atoms. The number of anilines is 1. The summed E-state index contributed by atoms with van der Waals surface area (Å²) in [5, 5.41) is 7.96. The fraction of sp³-hybridized carbons (Fsp3) is 0.455. The predicted molar refractivity (Wildman–Crippen MR) is 111 cm³/mol. The van der Waals surface area contributed by atoms with Gasteiger partial charge in [-0.15, -0.1) is 0 Å². The Hall–Kier alpha value is -2.60. The average molecular weight is 377 g/mol. The molecule has 28 heavy (non-hydrogen) atoms. The van der Waals surface area contributed by atoms with Crippen LogP contribution in [0.3, 0.4) is 0 Å². The summed E-state index contributed by atoms with van der Waals surface area (Å²) in [6.45, 7) is 7.15. The first-order valence-corrected chi connectivity index (χ1v) is 10.3. The van der Waals surface area contributed by atoms with Gasteiger partial charge in [0.05, 0.1) is 24.5 Å². The lowest BCUT2D eigenvalue weighted by Crippen LogP contribution is -2.42. The average Bonchev–Trinajstić information content (AvgIpc) is 3.36. The van der Waals surface area contributed by atoms with Crippen molar-refractivity contribution in [2.24, 2.45) is 5.41 Å². The van der Waals surface area contributed by atoms with E-state index >= 15 is 0 Å². The standard InChI is InChI=1S/C22H27N5O/c1-2-28-18-12-19(20-6-10-25-27(20)14-18)17-4-5-21(24-13-17)26-11-8-22(16-26)7-3-9-23-15-22/h4-6,10,12-14,23H,2-3,7-9,11,15-16H2,1H3/t22-/m1/s1. The van der Waals surface area contributed by atoms with Crippen molar-refractivity contribution in [3.8, 4) is 16.9 Å². The molecule has 1 N–H and O–H groups in total.